The Kier molecular flexibility index (Phi) is 11.2. The fourth-order valence-electron chi connectivity index (χ4n) is 4.51. The number of rotatable bonds is 16. The topological polar surface area (TPSA) is 16.1 Å². The quantitative estimate of drug-likeness (QED) is 0.196. The lowest BCUT2D eigenvalue weighted by Crippen LogP contribution is -2.25. The minimum atomic E-state index is 1.11. The molecule has 0 bridgehead atoms. The molecular weight excluding hydrogens is 420 g/mol. The zero-order valence-corrected chi connectivity index (χ0v) is 22.1. The van der Waals surface area contributed by atoms with Gasteiger partial charge in [0.05, 0.1) is 10.2 Å². The Balaban J connectivity index is 1.60. The van der Waals surface area contributed by atoms with Crippen LogP contribution in [0.25, 0.3) is 20.8 Å². The second-order valence-electron chi connectivity index (χ2n) is 9.56. The molecule has 0 N–H and O–H groups in total. The molecule has 1 aromatic heterocycles. The summed E-state index contributed by atoms with van der Waals surface area (Å²) in [7, 11) is 0. The van der Waals surface area contributed by atoms with Crippen molar-refractivity contribution in [3.05, 3.63) is 48.0 Å². The van der Waals surface area contributed by atoms with Crippen molar-refractivity contribution in [2.45, 2.75) is 97.8 Å². The van der Waals surface area contributed by atoms with E-state index in [0.29, 0.717) is 0 Å². The van der Waals surface area contributed by atoms with Gasteiger partial charge in [0.25, 0.3) is 0 Å². The van der Waals surface area contributed by atoms with E-state index >= 15 is 0 Å². The maximum atomic E-state index is 4.87. The van der Waals surface area contributed by atoms with E-state index in [1.165, 1.54) is 112 Å². The molecule has 0 spiro atoms. The molecule has 3 rings (SSSR count). The van der Waals surface area contributed by atoms with Crippen molar-refractivity contribution in [2.24, 2.45) is 0 Å². The van der Waals surface area contributed by atoms with Gasteiger partial charge in [0.15, 0.2) is 0 Å². The van der Waals surface area contributed by atoms with Crippen LogP contribution in [0.4, 0.5) is 5.69 Å². The fraction of sp³-hybridized carbons (Fsp3) is 0.567. The number of hydrogen-bond donors (Lipinski definition) is 0. The maximum absolute atomic E-state index is 4.87. The third kappa shape index (κ3) is 8.45. The average molecular weight is 465 g/mol. The van der Waals surface area contributed by atoms with Gasteiger partial charge in [-0.2, -0.15) is 0 Å². The van der Waals surface area contributed by atoms with Gasteiger partial charge in [-0.15, -0.1) is 11.3 Å². The largest absolute Gasteiger partial charge is 0.372 e. The first-order valence-corrected chi connectivity index (χ1v) is 14.3. The molecule has 0 radical (unpaired) electrons. The monoisotopic (exact) mass is 464 g/mol. The van der Waals surface area contributed by atoms with Crippen LogP contribution in [0.5, 0.6) is 0 Å². The van der Waals surface area contributed by atoms with Gasteiger partial charge >= 0.3 is 0 Å². The summed E-state index contributed by atoms with van der Waals surface area (Å²) in [6.45, 7) is 9.10. The summed E-state index contributed by atoms with van der Waals surface area (Å²) in [4.78, 5) is 7.50. The molecular formula is C30H44N2S. The number of benzene rings is 2. The van der Waals surface area contributed by atoms with E-state index in [1.807, 2.05) is 0 Å². The highest BCUT2D eigenvalue weighted by Crippen LogP contribution is 2.32. The molecule has 2 nitrogen and oxygen atoms in total. The zero-order valence-electron chi connectivity index (χ0n) is 21.2. The molecule has 0 aliphatic carbocycles. The highest BCUT2D eigenvalue weighted by atomic mass is 32.1. The van der Waals surface area contributed by atoms with Gasteiger partial charge in [0, 0.05) is 24.3 Å². The van der Waals surface area contributed by atoms with E-state index in [4.69, 9.17) is 4.98 Å². The molecule has 0 aliphatic rings. The van der Waals surface area contributed by atoms with Crippen LogP contribution < -0.4 is 4.90 Å². The summed E-state index contributed by atoms with van der Waals surface area (Å²) in [5.41, 5.74) is 5.01. The van der Waals surface area contributed by atoms with Crippen molar-refractivity contribution in [3.63, 3.8) is 0 Å². The maximum Gasteiger partial charge on any atom is 0.124 e. The van der Waals surface area contributed by atoms with Crippen molar-refractivity contribution in [1.82, 2.24) is 4.98 Å². The van der Waals surface area contributed by atoms with Crippen LogP contribution in [0.2, 0.25) is 0 Å². The molecule has 33 heavy (non-hydrogen) atoms. The first kappa shape index (κ1) is 25.7. The number of aryl methyl sites for hydroxylation is 1. The first-order chi connectivity index (χ1) is 16.2. The minimum Gasteiger partial charge on any atom is -0.372 e. The van der Waals surface area contributed by atoms with E-state index in [1.54, 1.807) is 11.3 Å². The number of fused-ring (bicyclic) bond motifs is 1. The SMILES string of the molecule is CCCCCCCCN(CCCCCCCC)c1ccc(-c2nc3ccc(C)cc3s2)cc1. The van der Waals surface area contributed by atoms with E-state index in [-0.39, 0.29) is 0 Å². The third-order valence-corrected chi connectivity index (χ3v) is 7.65. The first-order valence-electron chi connectivity index (χ1n) is 13.4. The van der Waals surface area contributed by atoms with E-state index in [2.05, 4.69) is 68.1 Å². The molecule has 0 fully saturated rings. The predicted octanol–water partition coefficient (Wildman–Crippen LogP) is 9.80. The average Bonchev–Trinajstić information content (AvgIpc) is 3.25. The lowest BCUT2D eigenvalue weighted by Gasteiger charge is -2.25. The summed E-state index contributed by atoms with van der Waals surface area (Å²) in [5, 5.41) is 1.13. The van der Waals surface area contributed by atoms with E-state index < -0.39 is 0 Å². The van der Waals surface area contributed by atoms with Crippen LogP contribution in [0.15, 0.2) is 42.5 Å². The molecule has 3 aromatic rings. The van der Waals surface area contributed by atoms with Gasteiger partial charge in [-0.25, -0.2) is 4.98 Å². The Hall–Kier alpha value is -1.87. The molecule has 2 aromatic carbocycles. The van der Waals surface area contributed by atoms with Crippen molar-refractivity contribution in [1.29, 1.82) is 0 Å². The summed E-state index contributed by atoms with van der Waals surface area (Å²) in [6, 6.07) is 15.7. The van der Waals surface area contributed by atoms with Crippen LogP contribution in [-0.4, -0.2) is 18.1 Å². The van der Waals surface area contributed by atoms with Crippen LogP contribution >= 0.6 is 11.3 Å². The standard InChI is InChI=1S/C30H44N2S/c1-4-6-8-10-12-14-22-32(23-15-13-11-9-7-5-2)27-19-17-26(18-20-27)30-31-28-21-16-25(3)24-29(28)33-30/h16-21,24H,4-15,22-23H2,1-3H3. The van der Waals surface area contributed by atoms with Crippen LogP contribution in [-0.2, 0) is 0 Å². The van der Waals surface area contributed by atoms with Crippen LogP contribution in [0, 0.1) is 6.92 Å². The number of thiazole rings is 1. The van der Waals surface area contributed by atoms with Crippen molar-refractivity contribution >= 4 is 27.2 Å². The number of anilines is 1. The number of nitrogens with zero attached hydrogens (tertiary/aromatic N) is 2. The lowest BCUT2D eigenvalue weighted by atomic mass is 10.1. The fourth-order valence-corrected chi connectivity index (χ4v) is 5.58. The second-order valence-corrected chi connectivity index (χ2v) is 10.6. The summed E-state index contributed by atoms with van der Waals surface area (Å²) in [6.07, 6.45) is 16.3. The van der Waals surface area contributed by atoms with Crippen LogP contribution in [0.1, 0.15) is 96.5 Å². The zero-order chi connectivity index (χ0) is 23.3. The Bertz CT molecular complexity index is 912. The summed E-state index contributed by atoms with van der Waals surface area (Å²) >= 11 is 1.80. The van der Waals surface area contributed by atoms with Crippen molar-refractivity contribution in [3.8, 4) is 10.6 Å². The van der Waals surface area contributed by atoms with Crippen molar-refractivity contribution in [2.75, 3.05) is 18.0 Å². The van der Waals surface area contributed by atoms with Gasteiger partial charge < -0.3 is 4.90 Å². The van der Waals surface area contributed by atoms with Crippen LogP contribution in [0.3, 0.4) is 0 Å². The number of hydrogen-bond acceptors (Lipinski definition) is 3. The molecule has 0 saturated carbocycles. The van der Waals surface area contributed by atoms with Gasteiger partial charge in [0.2, 0.25) is 0 Å². The molecule has 0 aliphatic heterocycles. The molecule has 0 saturated heterocycles. The van der Waals surface area contributed by atoms with Gasteiger partial charge in [-0.1, -0.05) is 84.1 Å². The smallest absolute Gasteiger partial charge is 0.124 e. The Morgan fingerprint density at radius 1 is 0.697 bits per heavy atom. The number of aromatic nitrogens is 1. The summed E-state index contributed by atoms with van der Waals surface area (Å²) < 4.78 is 1.28. The molecule has 0 unspecified atom stereocenters. The molecule has 3 heteroatoms. The minimum absolute atomic E-state index is 1.11. The van der Waals surface area contributed by atoms with E-state index in [9.17, 15) is 0 Å². The second kappa shape index (κ2) is 14.4. The molecule has 0 amide bonds. The third-order valence-electron chi connectivity index (χ3n) is 6.59. The Morgan fingerprint density at radius 2 is 1.27 bits per heavy atom. The molecule has 0 atom stereocenters. The normalized spacial score (nSPS) is 11.4. The highest BCUT2D eigenvalue weighted by Gasteiger charge is 2.10. The Morgan fingerprint density at radius 3 is 1.88 bits per heavy atom. The summed E-state index contributed by atoms with van der Waals surface area (Å²) in [5.74, 6) is 0. The predicted molar refractivity (Wildman–Crippen MR) is 149 cm³/mol. The van der Waals surface area contributed by atoms with Gasteiger partial charge in [-0.3, -0.25) is 0 Å². The lowest BCUT2D eigenvalue weighted by molar-refractivity contribution is 0.575. The molecule has 1 heterocycles. The van der Waals surface area contributed by atoms with Crippen molar-refractivity contribution < 1.29 is 0 Å². The Labute approximate surface area is 206 Å². The number of unbranched alkanes of at least 4 members (excludes halogenated alkanes) is 10. The van der Waals surface area contributed by atoms with E-state index in [0.717, 1.165) is 10.5 Å². The van der Waals surface area contributed by atoms with Gasteiger partial charge in [-0.05, 0) is 61.7 Å². The molecule has 180 valence electrons. The highest BCUT2D eigenvalue weighted by molar-refractivity contribution is 7.21. The van der Waals surface area contributed by atoms with Gasteiger partial charge in [0.1, 0.15) is 5.01 Å².